The number of aliphatic imine (C=N–C) groups is 3. The molecule has 31 N–H and O–H groups in total. The zero-order valence-electron chi connectivity index (χ0n) is 63.6. The Morgan fingerprint density at radius 1 is 0.491 bits per heavy atom. The summed E-state index contributed by atoms with van der Waals surface area (Å²) in [7, 11) is 0. The van der Waals surface area contributed by atoms with Crippen molar-refractivity contribution < 1.29 is 77.3 Å². The van der Waals surface area contributed by atoms with Crippen molar-refractivity contribution in [3.05, 3.63) is 35.9 Å². The first kappa shape index (κ1) is 93.7. The van der Waals surface area contributed by atoms with Gasteiger partial charge >= 0.3 is 11.9 Å². The summed E-state index contributed by atoms with van der Waals surface area (Å²) in [5, 5.41) is 49.2. The van der Waals surface area contributed by atoms with E-state index in [0.717, 1.165) is 6.42 Å². The van der Waals surface area contributed by atoms with Crippen LogP contribution >= 0.6 is 0 Å². The van der Waals surface area contributed by atoms with Gasteiger partial charge in [-0.25, -0.2) is 4.79 Å². The molecule has 0 unspecified atom stereocenters. The molecule has 1 aromatic carbocycles. The number of benzene rings is 1. The number of carbonyl (C=O) groups excluding carboxylic acids is 12. The van der Waals surface area contributed by atoms with Gasteiger partial charge in [-0.1, -0.05) is 64.4 Å². The number of amides is 12. The second kappa shape index (κ2) is 50.2. The van der Waals surface area contributed by atoms with Gasteiger partial charge in [0.1, 0.15) is 66.5 Å². The number of guanidine groups is 3. The Kier molecular flexibility index (Phi) is 42.8. The second-order valence-electron chi connectivity index (χ2n) is 27.9. The van der Waals surface area contributed by atoms with E-state index >= 15 is 4.79 Å². The molecular formula is C70H120N24O16. The van der Waals surface area contributed by atoms with Crippen LogP contribution in [0.5, 0.6) is 0 Å². The molecule has 2 fully saturated rings. The van der Waals surface area contributed by atoms with Gasteiger partial charge < -0.3 is 125 Å². The third-order valence-corrected chi connectivity index (χ3v) is 18.4. The smallest absolute Gasteiger partial charge is 0.326 e. The van der Waals surface area contributed by atoms with Gasteiger partial charge in [-0.3, -0.25) is 77.3 Å². The van der Waals surface area contributed by atoms with E-state index in [9.17, 15) is 72.5 Å². The molecule has 2 saturated heterocycles. The number of nitrogens with two attached hydrogens (primary N) is 9. The van der Waals surface area contributed by atoms with Crippen LogP contribution < -0.4 is 110 Å². The van der Waals surface area contributed by atoms with Crippen LogP contribution in [0.1, 0.15) is 168 Å². The Bertz CT molecular complexity index is 3290. The SMILES string of the molecule is CC[C@H](C)[C@H](NC(=O)[C@H](CCCCN)NC(=O)[C@H](CCCN=C(N)N)NC(=O)[C@@H]1CCCN1C(=O)[C@H](CCCCN)NC(=O)[C@H](Cc1ccccc1)NC(=O)[C@H](CCCN=C(N)N)NC(=O)[C@H](CCCN=C(N)N)NC(=O)[C@@H]1CCCN1)C(=O)N[C@@H](CC(=O)O)C(=O)N[C@@H](CC(C)C)C(=O)N[C@@H](CCC(N)=O)C(=O)O. The molecule has 0 aromatic heterocycles. The van der Waals surface area contributed by atoms with E-state index in [0.29, 0.717) is 37.8 Å². The Balaban J connectivity index is 2.01. The number of aliphatic carboxylic acids is 2. The third-order valence-electron chi connectivity index (χ3n) is 18.4. The van der Waals surface area contributed by atoms with Crippen molar-refractivity contribution in [1.29, 1.82) is 0 Å². The van der Waals surface area contributed by atoms with Crippen LogP contribution in [0.3, 0.4) is 0 Å². The third kappa shape index (κ3) is 35.2. The molecule has 0 radical (unpaired) electrons. The summed E-state index contributed by atoms with van der Waals surface area (Å²) in [6, 6.07) is -7.78. The number of rotatable bonds is 53. The fourth-order valence-electron chi connectivity index (χ4n) is 12.3. The Labute approximate surface area is 640 Å². The van der Waals surface area contributed by atoms with Gasteiger partial charge in [-0.2, -0.15) is 0 Å². The number of nitrogens with zero attached hydrogens (tertiary/aromatic N) is 4. The van der Waals surface area contributed by atoms with Crippen LogP contribution in [0.2, 0.25) is 0 Å². The molecule has 2 aliphatic rings. The number of likely N-dealkylation sites (tertiary alicyclic amines) is 1. The lowest BCUT2D eigenvalue weighted by Crippen LogP contribution is -2.61. The number of unbranched alkanes of at least 4 members (excludes halogenated alkanes) is 2. The van der Waals surface area contributed by atoms with E-state index in [4.69, 9.17) is 51.6 Å². The lowest BCUT2D eigenvalue weighted by Gasteiger charge is -2.31. The summed E-state index contributed by atoms with van der Waals surface area (Å²) < 4.78 is 0. The second-order valence-corrected chi connectivity index (χ2v) is 27.9. The zero-order valence-corrected chi connectivity index (χ0v) is 63.6. The van der Waals surface area contributed by atoms with E-state index < -0.39 is 174 Å². The molecule has 2 aliphatic heterocycles. The Hall–Kier alpha value is -10.5. The average Bonchev–Trinajstić information content (AvgIpc) is 1.59. The zero-order chi connectivity index (χ0) is 82.0. The maximum absolute atomic E-state index is 15.1. The van der Waals surface area contributed by atoms with E-state index in [1.54, 1.807) is 58.0 Å². The minimum atomic E-state index is -1.88. The Morgan fingerprint density at radius 3 is 1.40 bits per heavy atom. The van der Waals surface area contributed by atoms with Gasteiger partial charge in [0.05, 0.1) is 12.5 Å². The molecule has 3 rings (SSSR count). The molecule has 0 bridgehead atoms. The van der Waals surface area contributed by atoms with E-state index in [1.807, 2.05) is 0 Å². The molecule has 616 valence electrons. The molecule has 2 heterocycles. The number of hydrogen-bond acceptors (Lipinski definition) is 20. The van der Waals surface area contributed by atoms with Crippen molar-refractivity contribution in [3.8, 4) is 0 Å². The van der Waals surface area contributed by atoms with Crippen LogP contribution in [-0.4, -0.2) is 234 Å². The summed E-state index contributed by atoms with van der Waals surface area (Å²) in [5.74, 6) is -14.9. The summed E-state index contributed by atoms with van der Waals surface area (Å²) in [4.78, 5) is 208. The average molecular weight is 1550 g/mol. The van der Waals surface area contributed by atoms with Crippen molar-refractivity contribution in [1.82, 2.24) is 63.4 Å². The van der Waals surface area contributed by atoms with Crippen LogP contribution in [-0.2, 0) is 73.5 Å². The van der Waals surface area contributed by atoms with Crippen LogP contribution in [0.25, 0.3) is 0 Å². The van der Waals surface area contributed by atoms with E-state index in [1.165, 1.54) is 4.90 Å². The highest BCUT2D eigenvalue weighted by Crippen LogP contribution is 2.22. The first-order chi connectivity index (χ1) is 52.2. The molecule has 13 atom stereocenters. The number of hydrogen-bond donors (Lipinski definition) is 22. The monoisotopic (exact) mass is 1550 g/mol. The predicted octanol–water partition coefficient (Wildman–Crippen LogP) is -5.84. The highest BCUT2D eigenvalue weighted by molar-refractivity contribution is 6.00. The molecule has 0 saturated carbocycles. The molecule has 40 nitrogen and oxygen atoms in total. The Morgan fingerprint density at radius 2 is 0.927 bits per heavy atom. The van der Waals surface area contributed by atoms with Crippen molar-refractivity contribution in [2.45, 2.75) is 241 Å². The standard InChI is InChI=1S/C70H120N24O16/c1-5-40(4)55(65(107)92-51(38-54(96)97)63(105)90-49(36-39(2)3)61(103)89-48(67(109)110)27-28-53(73)95)93-60(102)43(20-9-11-29-71)85-58(100)46(25-16-34-83-70(78)79)87-64(106)52-26-17-35-94(52)66(108)47(21-10-12-30-72)88-62(104)50(37-41-18-7-6-8-19-41)91-59(101)45(24-15-33-82-69(76)77)86-57(99)44(23-14-32-81-68(74)75)84-56(98)42-22-13-31-80-42/h6-8,18-19,39-40,42-52,55,80H,5,9-17,20-38,71-72H2,1-4H3,(H2,73,95)(H,84,98)(H,85,100)(H,86,99)(H,87,106)(H,88,104)(H,89,103)(H,90,105)(H,91,101)(H,92,107)(H,93,102)(H,96,97)(H,109,110)(H4,74,75,81)(H4,76,77,82)(H4,78,79,83)/t40-,42-,43-,44-,45-,46-,47-,48-,49-,50-,51-,52-,55-/m0/s1. The number of primary amides is 1. The van der Waals surface area contributed by atoms with Gasteiger partial charge in [0.2, 0.25) is 70.9 Å². The molecular weight excluding hydrogens is 1430 g/mol. The molecule has 110 heavy (non-hydrogen) atoms. The highest BCUT2D eigenvalue weighted by Gasteiger charge is 2.42. The number of carbonyl (C=O) groups is 14. The lowest BCUT2D eigenvalue weighted by atomic mass is 9.96. The lowest BCUT2D eigenvalue weighted by molar-refractivity contribution is -0.143. The van der Waals surface area contributed by atoms with Gasteiger partial charge in [-0.15, -0.1) is 0 Å². The minimum absolute atomic E-state index is 0.00945. The molecule has 0 aliphatic carbocycles. The normalized spacial score (nSPS) is 16.8. The van der Waals surface area contributed by atoms with Crippen LogP contribution in [0, 0.1) is 11.8 Å². The summed E-state index contributed by atoms with van der Waals surface area (Å²) in [5.41, 5.74) is 51.1. The van der Waals surface area contributed by atoms with Gasteiger partial charge in [0.15, 0.2) is 17.9 Å². The number of nitrogens with one attached hydrogen (secondary N) is 11. The largest absolute Gasteiger partial charge is 0.481 e. The minimum Gasteiger partial charge on any atom is -0.481 e. The van der Waals surface area contributed by atoms with Gasteiger partial charge in [0.25, 0.3) is 0 Å². The van der Waals surface area contributed by atoms with E-state index in [-0.39, 0.29) is 159 Å². The van der Waals surface area contributed by atoms with Gasteiger partial charge in [-0.05, 0) is 153 Å². The first-order valence-electron chi connectivity index (χ1n) is 37.6. The topological polar surface area (TPSA) is 686 Å². The summed E-state index contributed by atoms with van der Waals surface area (Å²) in [6.07, 6.45) is 1.45. The molecule has 1 aromatic rings. The fourth-order valence-corrected chi connectivity index (χ4v) is 12.3. The molecule has 12 amide bonds. The molecule has 0 spiro atoms. The summed E-state index contributed by atoms with van der Waals surface area (Å²) >= 11 is 0. The quantitative estimate of drug-likeness (QED) is 0.0164. The van der Waals surface area contributed by atoms with Crippen molar-refractivity contribution in [3.63, 3.8) is 0 Å². The fraction of sp³-hybridized carbons (Fsp3) is 0.671. The van der Waals surface area contributed by atoms with Crippen LogP contribution in [0.15, 0.2) is 45.3 Å². The maximum atomic E-state index is 15.1. The predicted molar refractivity (Wildman–Crippen MR) is 408 cm³/mol. The molecule has 40 heteroatoms. The number of carboxylic acid groups (broad SMARTS) is 2. The maximum Gasteiger partial charge on any atom is 0.326 e. The van der Waals surface area contributed by atoms with Gasteiger partial charge in [0, 0.05) is 39.0 Å². The van der Waals surface area contributed by atoms with Crippen LogP contribution in [0.4, 0.5) is 0 Å². The van der Waals surface area contributed by atoms with Crippen molar-refractivity contribution in [2.75, 3.05) is 45.8 Å². The van der Waals surface area contributed by atoms with Crippen molar-refractivity contribution in [2.24, 2.45) is 78.4 Å². The van der Waals surface area contributed by atoms with E-state index in [2.05, 4.69) is 73.5 Å². The first-order valence-corrected chi connectivity index (χ1v) is 37.6. The number of carboxylic acids is 2. The highest BCUT2D eigenvalue weighted by atomic mass is 16.4. The summed E-state index contributed by atoms with van der Waals surface area (Å²) in [6.45, 7) is 7.78. The van der Waals surface area contributed by atoms with Crippen molar-refractivity contribution >= 4 is 101 Å².